The largest absolute Gasteiger partial charge is 0.300 e. The smallest absolute Gasteiger partial charge is 0.0240 e. The fourth-order valence-corrected chi connectivity index (χ4v) is 2.20. The molecule has 2 heteroatoms. The van der Waals surface area contributed by atoms with Gasteiger partial charge >= 0.3 is 0 Å². The highest BCUT2D eigenvalue weighted by Crippen LogP contribution is 2.23. The summed E-state index contributed by atoms with van der Waals surface area (Å²) < 4.78 is 0. The van der Waals surface area contributed by atoms with E-state index in [1.165, 1.54) is 18.1 Å². The molecule has 0 N–H and O–H groups in total. The Bertz CT molecular complexity index is 101. The third kappa shape index (κ3) is 1.62. The molecule has 0 amide bonds. The second-order valence-electron chi connectivity index (χ2n) is 3.29. The normalized spacial score (nSPS) is 28.3. The van der Waals surface area contributed by atoms with Gasteiger partial charge in [0.1, 0.15) is 0 Å². The second kappa shape index (κ2) is 2.51. The van der Waals surface area contributed by atoms with Crippen LogP contribution in [0.3, 0.4) is 0 Å². The average molecular weight is 145 g/mol. The summed E-state index contributed by atoms with van der Waals surface area (Å²) in [4.78, 5) is 2.43. The monoisotopic (exact) mass is 145 g/mol. The predicted octanol–water partition coefficient (Wildman–Crippen LogP) is 1.44. The second-order valence-corrected chi connectivity index (χ2v) is 4.39. The van der Waals surface area contributed by atoms with E-state index in [0.717, 1.165) is 0 Å². The molecule has 0 radical (unpaired) electrons. The van der Waals surface area contributed by atoms with Crippen LogP contribution in [0.5, 0.6) is 0 Å². The molecule has 0 aromatic carbocycles. The van der Waals surface area contributed by atoms with Crippen LogP contribution in [-0.2, 0) is 0 Å². The fourth-order valence-electron chi connectivity index (χ4n) is 0.936. The minimum absolute atomic E-state index is 0.433. The lowest BCUT2D eigenvalue weighted by atomic mass is 10.1. The first-order chi connectivity index (χ1) is 4.13. The molecule has 0 bridgehead atoms. The van der Waals surface area contributed by atoms with Gasteiger partial charge in [0.2, 0.25) is 0 Å². The van der Waals surface area contributed by atoms with Crippen molar-refractivity contribution in [1.29, 1.82) is 0 Å². The van der Waals surface area contributed by atoms with Crippen LogP contribution < -0.4 is 0 Å². The third-order valence-corrected chi connectivity index (χ3v) is 3.44. The molecule has 0 atom stereocenters. The van der Waals surface area contributed by atoms with Gasteiger partial charge < -0.3 is 0 Å². The van der Waals surface area contributed by atoms with E-state index in [1.54, 1.807) is 0 Å². The minimum atomic E-state index is 0.433. The van der Waals surface area contributed by atoms with E-state index in [-0.39, 0.29) is 0 Å². The molecular formula is C7H15NS. The van der Waals surface area contributed by atoms with Crippen molar-refractivity contribution in [3.8, 4) is 0 Å². The molecule has 1 heterocycles. The summed E-state index contributed by atoms with van der Waals surface area (Å²) in [6, 6.07) is 0. The Morgan fingerprint density at radius 3 is 2.44 bits per heavy atom. The van der Waals surface area contributed by atoms with Crippen LogP contribution in [0.15, 0.2) is 0 Å². The lowest BCUT2D eigenvalue weighted by Crippen LogP contribution is -2.47. The quantitative estimate of drug-likeness (QED) is 0.507. The van der Waals surface area contributed by atoms with Crippen LogP contribution in [0.2, 0.25) is 0 Å². The highest BCUT2D eigenvalue weighted by molar-refractivity contribution is 7.99. The Morgan fingerprint density at radius 1 is 1.44 bits per heavy atom. The molecule has 0 aromatic rings. The first-order valence-corrected chi connectivity index (χ1v) is 4.57. The molecule has 1 nitrogen and oxygen atoms in total. The molecule has 0 saturated carbocycles. The summed E-state index contributed by atoms with van der Waals surface area (Å²) in [5, 5.41) is 0. The Labute approximate surface area is 61.8 Å². The van der Waals surface area contributed by atoms with Gasteiger partial charge in [0.15, 0.2) is 0 Å². The van der Waals surface area contributed by atoms with E-state index >= 15 is 0 Å². The molecular weight excluding hydrogens is 130 g/mol. The van der Waals surface area contributed by atoms with E-state index in [0.29, 0.717) is 5.54 Å². The van der Waals surface area contributed by atoms with Crippen molar-refractivity contribution in [1.82, 2.24) is 4.90 Å². The molecule has 54 valence electrons. The summed E-state index contributed by atoms with van der Waals surface area (Å²) >= 11 is 2.06. The number of hydrogen-bond acceptors (Lipinski definition) is 2. The maximum atomic E-state index is 2.43. The van der Waals surface area contributed by atoms with E-state index in [2.05, 4.69) is 37.6 Å². The molecule has 0 aliphatic carbocycles. The summed E-state index contributed by atoms with van der Waals surface area (Å²) in [6.45, 7) is 5.86. The Hall–Kier alpha value is 0.310. The van der Waals surface area contributed by atoms with Gasteiger partial charge in [0.25, 0.3) is 0 Å². The zero-order chi connectivity index (χ0) is 6.91. The van der Waals surface area contributed by atoms with Crippen molar-refractivity contribution in [3.63, 3.8) is 0 Å². The zero-order valence-electron chi connectivity index (χ0n) is 6.48. The standard InChI is InChI=1S/C7H15NS/c1-7(2)6-9-5-4-8(7)3/h4-6H2,1-3H3. The van der Waals surface area contributed by atoms with Crippen molar-refractivity contribution in [2.45, 2.75) is 19.4 Å². The molecule has 1 saturated heterocycles. The van der Waals surface area contributed by atoms with Crippen molar-refractivity contribution >= 4 is 11.8 Å². The van der Waals surface area contributed by atoms with Crippen LogP contribution in [0, 0.1) is 0 Å². The predicted molar refractivity (Wildman–Crippen MR) is 44.0 cm³/mol. The lowest BCUT2D eigenvalue weighted by molar-refractivity contribution is 0.185. The number of hydrogen-bond donors (Lipinski definition) is 0. The van der Waals surface area contributed by atoms with Crippen molar-refractivity contribution < 1.29 is 0 Å². The maximum Gasteiger partial charge on any atom is 0.0240 e. The van der Waals surface area contributed by atoms with E-state index < -0.39 is 0 Å². The van der Waals surface area contributed by atoms with Crippen molar-refractivity contribution in [3.05, 3.63) is 0 Å². The summed E-state index contributed by atoms with van der Waals surface area (Å²) in [7, 11) is 2.21. The van der Waals surface area contributed by atoms with Crippen LogP contribution in [0.1, 0.15) is 13.8 Å². The Kier molecular flexibility index (Phi) is 2.07. The van der Waals surface area contributed by atoms with E-state index in [1.807, 2.05) is 0 Å². The van der Waals surface area contributed by atoms with Crippen LogP contribution in [0.4, 0.5) is 0 Å². The topological polar surface area (TPSA) is 3.24 Å². The van der Waals surface area contributed by atoms with E-state index in [4.69, 9.17) is 0 Å². The Balaban J connectivity index is 2.49. The molecule has 0 spiro atoms. The number of thioether (sulfide) groups is 1. The van der Waals surface area contributed by atoms with Crippen molar-refractivity contribution in [2.24, 2.45) is 0 Å². The summed E-state index contributed by atoms with van der Waals surface area (Å²) in [5.41, 5.74) is 0.433. The van der Waals surface area contributed by atoms with Gasteiger partial charge in [-0.3, -0.25) is 4.90 Å². The lowest BCUT2D eigenvalue weighted by Gasteiger charge is -2.39. The molecule has 0 unspecified atom stereocenters. The van der Waals surface area contributed by atoms with Gasteiger partial charge in [-0.05, 0) is 20.9 Å². The van der Waals surface area contributed by atoms with Crippen LogP contribution in [-0.4, -0.2) is 35.5 Å². The number of nitrogens with zero attached hydrogens (tertiary/aromatic N) is 1. The van der Waals surface area contributed by atoms with Gasteiger partial charge in [0, 0.05) is 23.6 Å². The number of rotatable bonds is 0. The van der Waals surface area contributed by atoms with Gasteiger partial charge in [-0.25, -0.2) is 0 Å². The van der Waals surface area contributed by atoms with Gasteiger partial charge in [-0.2, -0.15) is 11.8 Å². The highest BCUT2D eigenvalue weighted by Gasteiger charge is 2.26. The zero-order valence-corrected chi connectivity index (χ0v) is 7.29. The Morgan fingerprint density at radius 2 is 2.11 bits per heavy atom. The summed E-state index contributed by atoms with van der Waals surface area (Å²) in [5.74, 6) is 2.59. The summed E-state index contributed by atoms with van der Waals surface area (Å²) in [6.07, 6.45) is 0. The molecule has 1 rings (SSSR count). The molecule has 1 aliphatic rings. The average Bonchev–Trinajstić information content (AvgIpc) is 1.77. The van der Waals surface area contributed by atoms with Gasteiger partial charge in [-0.15, -0.1) is 0 Å². The molecule has 1 fully saturated rings. The van der Waals surface area contributed by atoms with Crippen LogP contribution in [0.25, 0.3) is 0 Å². The van der Waals surface area contributed by atoms with Crippen molar-refractivity contribution in [2.75, 3.05) is 25.1 Å². The van der Waals surface area contributed by atoms with E-state index in [9.17, 15) is 0 Å². The third-order valence-electron chi connectivity index (χ3n) is 2.06. The SMILES string of the molecule is CN1CCSCC1(C)C. The van der Waals surface area contributed by atoms with Crippen LogP contribution >= 0.6 is 11.8 Å². The van der Waals surface area contributed by atoms with Gasteiger partial charge in [-0.1, -0.05) is 0 Å². The first-order valence-electron chi connectivity index (χ1n) is 3.42. The fraction of sp³-hybridized carbons (Fsp3) is 1.00. The minimum Gasteiger partial charge on any atom is -0.300 e. The first kappa shape index (κ1) is 7.42. The molecule has 1 aliphatic heterocycles. The molecule has 9 heavy (non-hydrogen) atoms. The molecule has 0 aromatic heterocycles. The maximum absolute atomic E-state index is 2.43. The van der Waals surface area contributed by atoms with Gasteiger partial charge in [0.05, 0.1) is 0 Å². The highest BCUT2D eigenvalue weighted by atomic mass is 32.2.